The van der Waals surface area contributed by atoms with Gasteiger partial charge < -0.3 is 5.32 Å². The third-order valence-electron chi connectivity index (χ3n) is 2.38. The zero-order valence-corrected chi connectivity index (χ0v) is 13.0. The van der Waals surface area contributed by atoms with Crippen LogP contribution in [-0.4, -0.2) is 33.3 Å². The average Bonchev–Trinajstić information content (AvgIpc) is 2.32. The lowest BCUT2D eigenvalue weighted by atomic mass is 10.2. The molecular weight excluding hydrogens is 325 g/mol. The fourth-order valence-electron chi connectivity index (χ4n) is 1.51. The Morgan fingerprint density at radius 1 is 1.14 bits per heavy atom. The van der Waals surface area contributed by atoms with Crippen LogP contribution in [0, 0.1) is 0 Å². The second-order valence-electron chi connectivity index (χ2n) is 4.39. The van der Waals surface area contributed by atoms with Crippen LogP contribution in [0.15, 0.2) is 29.2 Å². The van der Waals surface area contributed by atoms with Crippen LogP contribution < -0.4 is 10.0 Å². The molecule has 0 spiro atoms. The van der Waals surface area contributed by atoms with Crippen LogP contribution in [0.5, 0.6) is 0 Å². The second kappa shape index (κ2) is 8.02. The van der Waals surface area contributed by atoms with E-state index in [-0.39, 0.29) is 16.7 Å². The predicted octanol–water partition coefficient (Wildman–Crippen LogP) is 2.33. The minimum atomic E-state index is -4.27. The Morgan fingerprint density at radius 2 is 1.76 bits per heavy atom. The SMILES string of the molecule is CS(=O)(=O)NCCCNCc1ccc(SC(F)(F)F)cc1. The lowest BCUT2D eigenvalue weighted by Crippen LogP contribution is -2.26. The quantitative estimate of drug-likeness (QED) is 0.562. The molecule has 0 bridgehead atoms. The van der Waals surface area contributed by atoms with Crippen molar-refractivity contribution in [1.82, 2.24) is 10.0 Å². The van der Waals surface area contributed by atoms with E-state index in [1.165, 1.54) is 12.1 Å². The van der Waals surface area contributed by atoms with Gasteiger partial charge in [0.1, 0.15) is 0 Å². The summed E-state index contributed by atoms with van der Waals surface area (Å²) >= 11 is -0.139. The molecule has 21 heavy (non-hydrogen) atoms. The van der Waals surface area contributed by atoms with Crippen molar-refractivity contribution < 1.29 is 21.6 Å². The van der Waals surface area contributed by atoms with E-state index in [1.807, 2.05) is 0 Å². The van der Waals surface area contributed by atoms with Crippen LogP contribution >= 0.6 is 11.8 Å². The van der Waals surface area contributed by atoms with E-state index in [2.05, 4.69) is 10.0 Å². The van der Waals surface area contributed by atoms with E-state index in [9.17, 15) is 21.6 Å². The summed E-state index contributed by atoms with van der Waals surface area (Å²) in [6.07, 6.45) is 1.73. The fraction of sp³-hybridized carbons (Fsp3) is 0.500. The van der Waals surface area contributed by atoms with E-state index in [4.69, 9.17) is 0 Å². The van der Waals surface area contributed by atoms with Gasteiger partial charge >= 0.3 is 5.51 Å². The van der Waals surface area contributed by atoms with Crippen LogP contribution in [0.1, 0.15) is 12.0 Å². The summed E-state index contributed by atoms with van der Waals surface area (Å²) in [5.41, 5.74) is -3.40. The standard InChI is InChI=1S/C12H17F3N2O2S2/c1-21(18,19)17-8-2-7-16-9-10-3-5-11(6-4-10)20-12(13,14)15/h3-6,16-17H,2,7-9H2,1H3. The highest BCUT2D eigenvalue weighted by molar-refractivity contribution is 8.00. The van der Waals surface area contributed by atoms with Crippen molar-refractivity contribution in [2.24, 2.45) is 0 Å². The van der Waals surface area contributed by atoms with Crippen LogP contribution in [0.2, 0.25) is 0 Å². The average molecular weight is 342 g/mol. The molecule has 2 N–H and O–H groups in total. The molecule has 120 valence electrons. The summed E-state index contributed by atoms with van der Waals surface area (Å²) in [6.45, 7) is 1.49. The molecular formula is C12H17F3N2O2S2. The van der Waals surface area contributed by atoms with Gasteiger partial charge in [-0.3, -0.25) is 0 Å². The van der Waals surface area contributed by atoms with Crippen molar-refractivity contribution >= 4 is 21.8 Å². The summed E-state index contributed by atoms with van der Waals surface area (Å²) in [7, 11) is -3.16. The van der Waals surface area contributed by atoms with Crippen molar-refractivity contribution in [3.8, 4) is 0 Å². The number of thioether (sulfide) groups is 1. The Balaban J connectivity index is 2.24. The van der Waals surface area contributed by atoms with Gasteiger partial charge in [-0.05, 0) is 42.4 Å². The van der Waals surface area contributed by atoms with Gasteiger partial charge in [0, 0.05) is 18.0 Å². The molecule has 0 atom stereocenters. The summed E-state index contributed by atoms with van der Waals surface area (Å²) < 4.78 is 60.4. The number of rotatable bonds is 8. The van der Waals surface area contributed by atoms with E-state index in [0.717, 1.165) is 11.8 Å². The Hall–Kier alpha value is -0.770. The molecule has 0 aliphatic carbocycles. The third kappa shape index (κ3) is 9.72. The molecule has 0 fully saturated rings. The van der Waals surface area contributed by atoms with Gasteiger partial charge in [0.2, 0.25) is 10.0 Å². The zero-order chi connectivity index (χ0) is 15.9. The monoisotopic (exact) mass is 342 g/mol. The maximum atomic E-state index is 12.1. The fourth-order valence-corrected chi connectivity index (χ4v) is 2.57. The Labute approximate surface area is 126 Å². The highest BCUT2D eigenvalue weighted by Gasteiger charge is 2.28. The summed E-state index contributed by atoms with van der Waals surface area (Å²) in [5.74, 6) is 0. The molecule has 0 amide bonds. The number of halogens is 3. The van der Waals surface area contributed by atoms with Crippen molar-refractivity contribution in [3.63, 3.8) is 0 Å². The molecule has 0 saturated heterocycles. The number of nitrogens with one attached hydrogen (secondary N) is 2. The molecule has 0 heterocycles. The third-order valence-corrected chi connectivity index (χ3v) is 3.85. The Morgan fingerprint density at radius 3 is 2.29 bits per heavy atom. The number of sulfonamides is 1. The molecule has 1 aromatic carbocycles. The molecule has 0 radical (unpaired) electrons. The lowest BCUT2D eigenvalue weighted by Gasteiger charge is -2.08. The normalized spacial score (nSPS) is 12.6. The lowest BCUT2D eigenvalue weighted by molar-refractivity contribution is -0.0328. The molecule has 0 aliphatic heterocycles. The predicted molar refractivity (Wildman–Crippen MR) is 77.5 cm³/mol. The van der Waals surface area contributed by atoms with Gasteiger partial charge in [0.25, 0.3) is 0 Å². The summed E-state index contributed by atoms with van der Waals surface area (Å²) in [6, 6.07) is 6.13. The Bertz CT molecular complexity index is 530. The first-order chi connectivity index (χ1) is 9.66. The minimum absolute atomic E-state index is 0.139. The van der Waals surface area contributed by atoms with Gasteiger partial charge in [-0.15, -0.1) is 0 Å². The van der Waals surface area contributed by atoms with Gasteiger partial charge in [0.15, 0.2) is 0 Å². The van der Waals surface area contributed by atoms with E-state index in [1.54, 1.807) is 12.1 Å². The molecule has 1 rings (SSSR count). The van der Waals surface area contributed by atoms with E-state index >= 15 is 0 Å². The smallest absolute Gasteiger partial charge is 0.313 e. The van der Waals surface area contributed by atoms with Crippen LogP contribution in [0.25, 0.3) is 0 Å². The topological polar surface area (TPSA) is 58.2 Å². The second-order valence-corrected chi connectivity index (χ2v) is 7.36. The molecule has 0 unspecified atom stereocenters. The maximum absolute atomic E-state index is 12.1. The van der Waals surface area contributed by atoms with Crippen molar-refractivity contribution in [1.29, 1.82) is 0 Å². The van der Waals surface area contributed by atoms with Crippen molar-refractivity contribution in [2.45, 2.75) is 23.4 Å². The van der Waals surface area contributed by atoms with Gasteiger partial charge in [0.05, 0.1) is 6.26 Å². The van der Waals surface area contributed by atoms with Crippen LogP contribution in [-0.2, 0) is 16.6 Å². The minimum Gasteiger partial charge on any atom is -0.313 e. The molecule has 0 saturated carbocycles. The maximum Gasteiger partial charge on any atom is 0.446 e. The first kappa shape index (κ1) is 18.3. The molecule has 4 nitrogen and oxygen atoms in total. The first-order valence-electron chi connectivity index (χ1n) is 6.16. The van der Waals surface area contributed by atoms with Crippen molar-refractivity contribution in [3.05, 3.63) is 29.8 Å². The van der Waals surface area contributed by atoms with Crippen LogP contribution in [0.4, 0.5) is 13.2 Å². The number of benzene rings is 1. The largest absolute Gasteiger partial charge is 0.446 e. The van der Waals surface area contributed by atoms with Crippen molar-refractivity contribution in [2.75, 3.05) is 19.3 Å². The zero-order valence-electron chi connectivity index (χ0n) is 11.4. The molecule has 0 aromatic heterocycles. The first-order valence-corrected chi connectivity index (χ1v) is 8.86. The summed E-state index contributed by atoms with van der Waals surface area (Å²) in [5, 5.41) is 3.09. The Kier molecular flexibility index (Phi) is 6.98. The number of hydrogen-bond acceptors (Lipinski definition) is 4. The number of hydrogen-bond donors (Lipinski definition) is 2. The molecule has 0 aliphatic rings. The van der Waals surface area contributed by atoms with E-state index in [0.29, 0.717) is 26.1 Å². The molecule has 1 aromatic rings. The van der Waals surface area contributed by atoms with E-state index < -0.39 is 15.5 Å². The number of alkyl halides is 3. The van der Waals surface area contributed by atoms with Gasteiger partial charge in [-0.25, -0.2) is 13.1 Å². The van der Waals surface area contributed by atoms with Gasteiger partial charge in [-0.2, -0.15) is 13.2 Å². The van der Waals surface area contributed by atoms with Crippen LogP contribution in [0.3, 0.4) is 0 Å². The summed E-state index contributed by atoms with van der Waals surface area (Å²) in [4.78, 5) is 0.156. The molecule has 9 heteroatoms. The van der Waals surface area contributed by atoms with Gasteiger partial charge in [-0.1, -0.05) is 12.1 Å². The highest BCUT2D eigenvalue weighted by Crippen LogP contribution is 2.36. The highest BCUT2D eigenvalue weighted by atomic mass is 32.2.